The van der Waals surface area contributed by atoms with Crippen molar-refractivity contribution in [1.29, 1.82) is 0 Å². The largest absolute Gasteiger partial charge is 0.356 e. The van der Waals surface area contributed by atoms with Gasteiger partial charge in [0, 0.05) is 18.1 Å². The predicted molar refractivity (Wildman–Crippen MR) is 61.8 cm³/mol. The van der Waals surface area contributed by atoms with Crippen LogP contribution in [-0.2, 0) is 11.2 Å². The Morgan fingerprint density at radius 2 is 2.25 bits per heavy atom. The molecular weight excluding hydrogens is 229 g/mol. The maximum atomic E-state index is 13.5. The summed E-state index contributed by atoms with van der Waals surface area (Å²) < 4.78 is 13.5. The molecule has 84 valence electrons. The molecule has 0 atom stereocenters. The summed E-state index contributed by atoms with van der Waals surface area (Å²) in [7, 11) is 1.56. The Bertz CT molecular complexity index is 482. The van der Waals surface area contributed by atoms with Gasteiger partial charge in [-0.1, -0.05) is 11.6 Å². The summed E-state index contributed by atoms with van der Waals surface area (Å²) in [5.41, 5.74) is 2.25. The summed E-state index contributed by atoms with van der Waals surface area (Å²) in [6.45, 7) is 0. The zero-order chi connectivity index (χ0) is 11.7. The van der Waals surface area contributed by atoms with E-state index in [0.717, 1.165) is 11.1 Å². The molecule has 0 saturated heterocycles. The minimum Gasteiger partial charge on any atom is -0.356 e. The summed E-state index contributed by atoms with van der Waals surface area (Å²) in [6, 6.07) is 3.02. The molecule has 0 heterocycles. The van der Waals surface area contributed by atoms with Crippen molar-refractivity contribution in [2.24, 2.45) is 0 Å². The Morgan fingerprint density at radius 1 is 1.50 bits per heavy atom. The van der Waals surface area contributed by atoms with Crippen molar-refractivity contribution in [3.8, 4) is 0 Å². The molecule has 1 aromatic carbocycles. The number of allylic oxidation sites excluding steroid dienone is 1. The zero-order valence-corrected chi connectivity index (χ0v) is 9.57. The number of nitrogens with one attached hydrogen (secondary N) is 1. The number of rotatable bonds is 1. The van der Waals surface area contributed by atoms with Gasteiger partial charge in [-0.2, -0.15) is 0 Å². The van der Waals surface area contributed by atoms with Gasteiger partial charge in [0.1, 0.15) is 5.82 Å². The van der Waals surface area contributed by atoms with Crippen molar-refractivity contribution >= 4 is 23.1 Å². The third-order valence-electron chi connectivity index (χ3n) is 2.70. The van der Waals surface area contributed by atoms with Gasteiger partial charge in [0.05, 0.1) is 0 Å². The molecule has 16 heavy (non-hydrogen) atoms. The molecule has 0 fully saturated rings. The van der Waals surface area contributed by atoms with Gasteiger partial charge in [0.15, 0.2) is 0 Å². The Morgan fingerprint density at radius 3 is 2.94 bits per heavy atom. The van der Waals surface area contributed by atoms with E-state index in [1.807, 2.05) is 0 Å². The highest BCUT2D eigenvalue weighted by Gasteiger charge is 2.21. The molecule has 0 bridgehead atoms. The molecule has 4 heteroatoms. The lowest BCUT2D eigenvalue weighted by molar-refractivity contribution is -0.116. The Labute approximate surface area is 98.1 Å². The van der Waals surface area contributed by atoms with Crippen LogP contribution in [0.25, 0.3) is 5.57 Å². The molecule has 0 aromatic heterocycles. The zero-order valence-electron chi connectivity index (χ0n) is 8.81. The van der Waals surface area contributed by atoms with E-state index in [2.05, 4.69) is 5.32 Å². The second-order valence-corrected chi connectivity index (χ2v) is 4.13. The van der Waals surface area contributed by atoms with Gasteiger partial charge in [-0.05, 0) is 41.7 Å². The second-order valence-electron chi connectivity index (χ2n) is 3.70. The molecule has 1 aliphatic carbocycles. The van der Waals surface area contributed by atoms with Crippen molar-refractivity contribution in [2.45, 2.75) is 12.8 Å². The van der Waals surface area contributed by atoms with Crippen LogP contribution in [0.3, 0.4) is 0 Å². The van der Waals surface area contributed by atoms with E-state index < -0.39 is 0 Å². The lowest BCUT2D eigenvalue weighted by Crippen LogP contribution is -2.14. The highest BCUT2D eigenvalue weighted by molar-refractivity contribution is 6.30. The van der Waals surface area contributed by atoms with E-state index in [0.29, 0.717) is 23.4 Å². The first-order valence-corrected chi connectivity index (χ1v) is 5.40. The monoisotopic (exact) mass is 239 g/mol. The fourth-order valence-corrected chi connectivity index (χ4v) is 2.12. The number of carbonyl (C=O) groups excluding carboxylic acids is 1. The molecule has 1 amide bonds. The molecule has 0 radical (unpaired) electrons. The van der Waals surface area contributed by atoms with Crippen molar-refractivity contribution < 1.29 is 9.18 Å². The molecule has 0 spiro atoms. The van der Waals surface area contributed by atoms with E-state index in [9.17, 15) is 9.18 Å². The van der Waals surface area contributed by atoms with Crippen LogP contribution in [0, 0.1) is 5.82 Å². The fraction of sp³-hybridized carbons (Fsp3) is 0.250. The maximum Gasteiger partial charge on any atom is 0.244 e. The highest BCUT2D eigenvalue weighted by atomic mass is 35.5. The van der Waals surface area contributed by atoms with Gasteiger partial charge < -0.3 is 5.32 Å². The average Bonchev–Trinajstić information content (AvgIpc) is 2.61. The normalized spacial score (nSPS) is 16.3. The van der Waals surface area contributed by atoms with Crippen molar-refractivity contribution in [1.82, 2.24) is 5.32 Å². The summed E-state index contributed by atoms with van der Waals surface area (Å²) in [4.78, 5) is 11.2. The number of amides is 1. The topological polar surface area (TPSA) is 29.1 Å². The number of fused-ring (bicyclic) bond motifs is 1. The highest BCUT2D eigenvalue weighted by Crippen LogP contribution is 2.35. The second kappa shape index (κ2) is 4.26. The van der Waals surface area contributed by atoms with Gasteiger partial charge in [-0.3, -0.25) is 4.79 Å². The van der Waals surface area contributed by atoms with Gasteiger partial charge in [-0.15, -0.1) is 0 Å². The molecule has 1 N–H and O–H groups in total. The van der Waals surface area contributed by atoms with Crippen LogP contribution < -0.4 is 5.32 Å². The SMILES string of the molecule is CNC(=O)/C=C1/CCc2c(F)cc(Cl)cc21. The Hall–Kier alpha value is -1.35. The smallest absolute Gasteiger partial charge is 0.244 e. The van der Waals surface area contributed by atoms with Crippen LogP contribution in [0.5, 0.6) is 0 Å². The minimum absolute atomic E-state index is 0.178. The number of benzene rings is 1. The van der Waals surface area contributed by atoms with Gasteiger partial charge >= 0.3 is 0 Å². The van der Waals surface area contributed by atoms with E-state index in [1.165, 1.54) is 12.1 Å². The van der Waals surface area contributed by atoms with Crippen LogP contribution >= 0.6 is 11.6 Å². The number of halogens is 2. The predicted octanol–water partition coefficient (Wildman–Crippen LogP) is 2.55. The number of carbonyl (C=O) groups is 1. The maximum absolute atomic E-state index is 13.5. The lowest BCUT2D eigenvalue weighted by atomic mass is 10.1. The van der Waals surface area contributed by atoms with E-state index in [1.54, 1.807) is 13.1 Å². The van der Waals surface area contributed by atoms with Crippen LogP contribution in [-0.4, -0.2) is 13.0 Å². The van der Waals surface area contributed by atoms with Crippen LogP contribution in [0.15, 0.2) is 18.2 Å². The fourth-order valence-electron chi connectivity index (χ4n) is 1.92. The molecule has 2 rings (SSSR count). The Balaban J connectivity index is 2.47. The summed E-state index contributed by atoms with van der Waals surface area (Å²) >= 11 is 5.80. The number of likely N-dealkylation sites (N-methyl/N-ethyl adjacent to an activating group) is 1. The number of hydrogen-bond donors (Lipinski definition) is 1. The van der Waals surface area contributed by atoms with E-state index in [-0.39, 0.29) is 11.7 Å². The van der Waals surface area contributed by atoms with Crippen molar-refractivity contribution in [3.63, 3.8) is 0 Å². The quantitative estimate of drug-likeness (QED) is 0.750. The summed E-state index contributed by atoms with van der Waals surface area (Å²) in [5, 5.41) is 2.87. The minimum atomic E-state index is -0.289. The van der Waals surface area contributed by atoms with Crippen LogP contribution in [0.1, 0.15) is 17.5 Å². The van der Waals surface area contributed by atoms with Crippen molar-refractivity contribution in [3.05, 3.63) is 40.2 Å². The summed E-state index contributed by atoms with van der Waals surface area (Å²) in [6.07, 6.45) is 2.81. The van der Waals surface area contributed by atoms with Crippen LogP contribution in [0.4, 0.5) is 4.39 Å². The molecule has 2 nitrogen and oxygen atoms in total. The molecule has 1 aromatic rings. The van der Waals surface area contributed by atoms with E-state index >= 15 is 0 Å². The standard InChI is InChI=1S/C12H11ClFNO/c1-15-12(16)4-7-2-3-9-10(7)5-8(13)6-11(9)14/h4-6H,2-3H2,1H3,(H,15,16)/b7-4-. The first kappa shape index (κ1) is 11.1. The first-order chi connectivity index (χ1) is 7.61. The third kappa shape index (κ3) is 1.95. The molecule has 0 aliphatic heterocycles. The molecule has 1 aliphatic rings. The first-order valence-electron chi connectivity index (χ1n) is 5.02. The lowest BCUT2D eigenvalue weighted by Gasteiger charge is -2.03. The van der Waals surface area contributed by atoms with Gasteiger partial charge in [-0.25, -0.2) is 4.39 Å². The van der Waals surface area contributed by atoms with E-state index in [4.69, 9.17) is 11.6 Å². The molecule has 0 saturated carbocycles. The molecular formula is C12H11ClFNO. The number of hydrogen-bond acceptors (Lipinski definition) is 1. The van der Waals surface area contributed by atoms with Gasteiger partial charge in [0.25, 0.3) is 0 Å². The summed E-state index contributed by atoms with van der Waals surface area (Å²) in [5.74, 6) is -0.467. The van der Waals surface area contributed by atoms with Gasteiger partial charge in [0.2, 0.25) is 5.91 Å². The van der Waals surface area contributed by atoms with Crippen LogP contribution in [0.2, 0.25) is 5.02 Å². The van der Waals surface area contributed by atoms with Crippen molar-refractivity contribution in [2.75, 3.05) is 7.05 Å². The third-order valence-corrected chi connectivity index (χ3v) is 2.92. The average molecular weight is 240 g/mol. The molecule has 0 unspecified atom stereocenters. The Kier molecular flexibility index (Phi) is 2.97.